The average molecular weight is 424 g/mol. The van der Waals surface area contributed by atoms with E-state index in [0.29, 0.717) is 16.2 Å². The molecule has 0 saturated heterocycles. The highest BCUT2D eigenvalue weighted by molar-refractivity contribution is 7.71. The molecule has 0 unspecified atom stereocenters. The Morgan fingerprint density at radius 1 is 1.07 bits per heavy atom. The number of benzene rings is 2. The van der Waals surface area contributed by atoms with Crippen LogP contribution in [-0.2, 0) is 24.9 Å². The lowest BCUT2D eigenvalue weighted by Gasteiger charge is -2.09. The van der Waals surface area contributed by atoms with Crippen molar-refractivity contribution in [2.75, 3.05) is 5.32 Å². The highest BCUT2D eigenvalue weighted by atomic mass is 32.1. The van der Waals surface area contributed by atoms with Gasteiger partial charge in [-0.05, 0) is 61.8 Å². The summed E-state index contributed by atoms with van der Waals surface area (Å²) in [4.78, 5) is 24.9. The molecule has 2 N–H and O–H groups in total. The Kier molecular flexibility index (Phi) is 6.47. The van der Waals surface area contributed by atoms with Gasteiger partial charge < -0.3 is 15.2 Å². The van der Waals surface area contributed by atoms with Gasteiger partial charge in [0.15, 0.2) is 10.6 Å². The van der Waals surface area contributed by atoms with Crippen molar-refractivity contribution in [1.82, 2.24) is 19.7 Å². The highest BCUT2D eigenvalue weighted by Crippen LogP contribution is 2.16. The average Bonchev–Trinajstić information content (AvgIpc) is 2.97. The molecule has 0 saturated carbocycles. The second-order valence-corrected chi connectivity index (χ2v) is 7.64. The molecule has 0 aliphatic heterocycles. The Morgan fingerprint density at radius 2 is 1.80 bits per heavy atom. The molecule has 0 spiro atoms. The Bertz CT molecular complexity index is 1160. The number of rotatable bonds is 6. The van der Waals surface area contributed by atoms with Crippen LogP contribution >= 0.6 is 12.2 Å². The van der Waals surface area contributed by atoms with Crippen LogP contribution in [0.4, 0.5) is 5.69 Å². The van der Waals surface area contributed by atoms with Gasteiger partial charge in [0.1, 0.15) is 6.54 Å². The highest BCUT2D eigenvalue weighted by Gasteiger charge is 2.14. The van der Waals surface area contributed by atoms with E-state index < -0.39 is 0 Å². The second kappa shape index (κ2) is 9.04. The summed E-state index contributed by atoms with van der Waals surface area (Å²) in [5, 5.41) is 10.2. The van der Waals surface area contributed by atoms with Crippen molar-refractivity contribution in [2.24, 2.45) is 7.05 Å². The number of aromatic nitrogens is 3. The van der Waals surface area contributed by atoms with Crippen LogP contribution in [0.15, 0.2) is 42.5 Å². The van der Waals surface area contributed by atoms with Crippen LogP contribution in [0.25, 0.3) is 0 Å². The Balaban J connectivity index is 1.68. The van der Waals surface area contributed by atoms with Gasteiger partial charge in [-0.2, -0.15) is 5.10 Å². The van der Waals surface area contributed by atoms with Gasteiger partial charge in [0.2, 0.25) is 5.91 Å². The zero-order valence-corrected chi connectivity index (χ0v) is 18.3. The third-order valence-electron chi connectivity index (χ3n) is 4.89. The van der Waals surface area contributed by atoms with E-state index in [0.717, 1.165) is 22.4 Å². The topological polar surface area (TPSA) is 81.0 Å². The smallest absolute Gasteiger partial charge is 0.251 e. The monoisotopic (exact) mass is 423 g/mol. The molecule has 0 aliphatic rings. The van der Waals surface area contributed by atoms with Gasteiger partial charge in [-0.25, -0.2) is 4.68 Å². The number of aryl methyl sites for hydroxylation is 3. The van der Waals surface area contributed by atoms with Crippen molar-refractivity contribution in [3.05, 3.63) is 75.3 Å². The van der Waals surface area contributed by atoms with Gasteiger partial charge in [0.05, 0.1) is 6.54 Å². The summed E-state index contributed by atoms with van der Waals surface area (Å²) >= 11 is 5.41. The van der Waals surface area contributed by atoms with Crippen LogP contribution in [0.5, 0.6) is 0 Å². The Hall–Kier alpha value is -3.26. The van der Waals surface area contributed by atoms with E-state index in [-0.39, 0.29) is 24.9 Å². The maximum Gasteiger partial charge on any atom is 0.251 e. The Morgan fingerprint density at radius 3 is 2.53 bits per heavy atom. The number of hydrogen-bond donors (Lipinski definition) is 2. The first kappa shape index (κ1) is 21.4. The zero-order valence-electron chi connectivity index (χ0n) is 17.5. The molecule has 2 aromatic carbocycles. The van der Waals surface area contributed by atoms with E-state index >= 15 is 0 Å². The fourth-order valence-electron chi connectivity index (χ4n) is 3.07. The van der Waals surface area contributed by atoms with Gasteiger partial charge in [0.25, 0.3) is 5.91 Å². The number of hydrogen-bond acceptors (Lipinski definition) is 4. The standard InChI is InChI=1S/C22H25N5O2S/c1-14-9-10-16(3)18(11-14)24-20(28)13-27-22(30)26(4)19(25-27)12-23-21(29)17-8-6-5-7-15(17)2/h5-11H,12-13H2,1-4H3,(H,23,29)(H,24,28). The molecule has 0 bridgehead atoms. The number of anilines is 1. The summed E-state index contributed by atoms with van der Waals surface area (Å²) in [6.45, 7) is 6.00. The third kappa shape index (κ3) is 4.83. The molecule has 1 heterocycles. The predicted molar refractivity (Wildman–Crippen MR) is 119 cm³/mol. The largest absolute Gasteiger partial charge is 0.345 e. The maximum atomic E-state index is 12.5. The molecule has 0 aliphatic carbocycles. The molecule has 1 aromatic heterocycles. The van der Waals surface area contributed by atoms with Crippen molar-refractivity contribution in [3.63, 3.8) is 0 Å². The summed E-state index contributed by atoms with van der Waals surface area (Å²) in [6.07, 6.45) is 0. The number of amides is 2. The molecule has 8 heteroatoms. The van der Waals surface area contributed by atoms with Gasteiger partial charge >= 0.3 is 0 Å². The van der Waals surface area contributed by atoms with E-state index in [1.807, 2.05) is 57.2 Å². The fraction of sp³-hybridized carbons (Fsp3) is 0.273. The van der Waals surface area contributed by atoms with Crippen molar-refractivity contribution < 1.29 is 9.59 Å². The molecule has 156 valence electrons. The number of carbonyl (C=O) groups is 2. The number of carbonyl (C=O) groups excluding carboxylic acids is 2. The fourth-order valence-corrected chi connectivity index (χ4v) is 3.28. The van der Waals surface area contributed by atoms with Crippen LogP contribution in [-0.4, -0.2) is 26.2 Å². The third-order valence-corrected chi connectivity index (χ3v) is 5.37. The first-order valence-corrected chi connectivity index (χ1v) is 10.0. The molecular weight excluding hydrogens is 398 g/mol. The number of nitrogens with zero attached hydrogens (tertiary/aromatic N) is 3. The van der Waals surface area contributed by atoms with E-state index in [4.69, 9.17) is 12.2 Å². The van der Waals surface area contributed by atoms with Crippen molar-refractivity contribution in [2.45, 2.75) is 33.9 Å². The quantitative estimate of drug-likeness (QED) is 0.595. The van der Waals surface area contributed by atoms with Crippen LogP contribution in [0.2, 0.25) is 0 Å². The van der Waals surface area contributed by atoms with Gasteiger partial charge in [0, 0.05) is 18.3 Å². The second-order valence-electron chi connectivity index (χ2n) is 7.28. The molecule has 2 amide bonds. The maximum absolute atomic E-state index is 12.5. The normalized spacial score (nSPS) is 10.7. The lowest BCUT2D eigenvalue weighted by Crippen LogP contribution is -2.25. The predicted octanol–water partition coefficient (Wildman–Crippen LogP) is 3.45. The van der Waals surface area contributed by atoms with Crippen molar-refractivity contribution in [1.29, 1.82) is 0 Å². The minimum atomic E-state index is -0.214. The van der Waals surface area contributed by atoms with E-state index in [2.05, 4.69) is 15.7 Å². The SMILES string of the molecule is Cc1ccc(C)c(NC(=O)Cn2nc(CNC(=O)c3ccccc3C)n(C)c2=S)c1. The molecule has 30 heavy (non-hydrogen) atoms. The number of nitrogens with one attached hydrogen (secondary N) is 2. The first-order chi connectivity index (χ1) is 14.3. The van der Waals surface area contributed by atoms with Gasteiger partial charge in [-0.15, -0.1) is 0 Å². The van der Waals surface area contributed by atoms with E-state index in [1.54, 1.807) is 17.7 Å². The van der Waals surface area contributed by atoms with Gasteiger partial charge in [-0.3, -0.25) is 9.59 Å². The minimum Gasteiger partial charge on any atom is -0.345 e. The molecule has 0 fully saturated rings. The van der Waals surface area contributed by atoms with Crippen LogP contribution in [0.3, 0.4) is 0 Å². The van der Waals surface area contributed by atoms with Crippen molar-refractivity contribution >= 4 is 29.7 Å². The van der Waals surface area contributed by atoms with Crippen molar-refractivity contribution in [3.8, 4) is 0 Å². The summed E-state index contributed by atoms with van der Waals surface area (Å²) in [6, 6.07) is 13.3. The lowest BCUT2D eigenvalue weighted by atomic mass is 10.1. The summed E-state index contributed by atoms with van der Waals surface area (Å²) in [5.41, 5.74) is 4.34. The van der Waals surface area contributed by atoms with Crippen LogP contribution in [0.1, 0.15) is 32.9 Å². The van der Waals surface area contributed by atoms with E-state index in [1.165, 1.54) is 4.68 Å². The Labute approximate surface area is 180 Å². The van der Waals surface area contributed by atoms with E-state index in [9.17, 15) is 9.59 Å². The lowest BCUT2D eigenvalue weighted by molar-refractivity contribution is -0.116. The molecule has 0 radical (unpaired) electrons. The van der Waals surface area contributed by atoms with Gasteiger partial charge in [-0.1, -0.05) is 30.3 Å². The molecular formula is C22H25N5O2S. The first-order valence-electron chi connectivity index (χ1n) is 9.60. The molecule has 7 nitrogen and oxygen atoms in total. The minimum absolute atomic E-state index is 0.00814. The molecule has 3 aromatic rings. The molecule has 0 atom stereocenters. The van der Waals surface area contributed by atoms with Crippen LogP contribution < -0.4 is 10.6 Å². The zero-order chi connectivity index (χ0) is 21.8. The summed E-state index contributed by atoms with van der Waals surface area (Å²) in [7, 11) is 1.77. The summed E-state index contributed by atoms with van der Waals surface area (Å²) < 4.78 is 3.57. The molecule has 3 rings (SSSR count). The summed E-state index contributed by atoms with van der Waals surface area (Å²) in [5.74, 6) is 0.177. The van der Waals surface area contributed by atoms with Crippen LogP contribution in [0, 0.1) is 25.5 Å².